The van der Waals surface area contributed by atoms with Gasteiger partial charge in [0.2, 0.25) is 0 Å². The Hall–Kier alpha value is -1.23. The van der Waals surface area contributed by atoms with E-state index in [0.717, 1.165) is 6.07 Å². The summed E-state index contributed by atoms with van der Waals surface area (Å²) in [6.45, 7) is 4.92. The van der Waals surface area contributed by atoms with Crippen LogP contribution in [-0.2, 0) is 11.0 Å². The minimum atomic E-state index is -4.45. The monoisotopic (exact) mass is 279 g/mol. The molecule has 0 fully saturated rings. The van der Waals surface area contributed by atoms with E-state index in [1.807, 2.05) is 0 Å². The van der Waals surface area contributed by atoms with Crippen LogP contribution in [0.15, 0.2) is 23.4 Å². The lowest BCUT2D eigenvalue weighted by molar-refractivity contribution is -0.137. The lowest BCUT2D eigenvalue weighted by Crippen LogP contribution is -2.12. The van der Waals surface area contributed by atoms with E-state index in [0.29, 0.717) is 0 Å². The Kier molecular flexibility index (Phi) is 4.62. The van der Waals surface area contributed by atoms with Gasteiger partial charge >= 0.3 is 6.18 Å². The first-order chi connectivity index (χ1) is 8.21. The average molecular weight is 280 g/mol. The lowest BCUT2D eigenvalue weighted by Gasteiger charge is -2.13. The third-order valence-corrected chi connectivity index (χ3v) is 2.31. The topological polar surface area (TPSA) is 21.6 Å². The second kappa shape index (κ2) is 5.61. The molecule has 0 saturated heterocycles. The van der Waals surface area contributed by atoms with Crippen molar-refractivity contribution in [2.24, 2.45) is 5.16 Å². The minimum absolute atomic E-state index is 0.0735. The fraction of sp³-hybridized carbons (Fsp3) is 0.417. The van der Waals surface area contributed by atoms with Gasteiger partial charge in [-0.2, -0.15) is 13.2 Å². The molecule has 18 heavy (non-hydrogen) atoms. The summed E-state index contributed by atoms with van der Waals surface area (Å²) in [5.74, 6) is 0. The first-order valence-electron chi connectivity index (χ1n) is 5.29. The van der Waals surface area contributed by atoms with Crippen molar-refractivity contribution in [2.45, 2.75) is 33.1 Å². The standard InChI is InChI=1S/C12H13ClF3NO/c1-7(2)18-17-8(3)10-6-9(13)4-5-11(10)12(14,15)16/h4-7H,1-3H3. The Morgan fingerprint density at radius 1 is 1.33 bits per heavy atom. The summed E-state index contributed by atoms with van der Waals surface area (Å²) in [5, 5.41) is 3.89. The van der Waals surface area contributed by atoms with Gasteiger partial charge in [0.15, 0.2) is 0 Å². The van der Waals surface area contributed by atoms with Crippen molar-refractivity contribution < 1.29 is 18.0 Å². The highest BCUT2D eigenvalue weighted by Crippen LogP contribution is 2.33. The second-order valence-corrected chi connectivity index (χ2v) is 4.45. The SMILES string of the molecule is CC(=NOC(C)C)c1cc(Cl)ccc1C(F)(F)F. The lowest BCUT2D eigenvalue weighted by atomic mass is 10.0. The number of hydrogen-bond acceptors (Lipinski definition) is 2. The molecular formula is C12H13ClF3NO. The molecule has 0 atom stereocenters. The third kappa shape index (κ3) is 3.91. The summed E-state index contributed by atoms with van der Waals surface area (Å²) in [6.07, 6.45) is -4.65. The van der Waals surface area contributed by atoms with Crippen LogP contribution in [0.5, 0.6) is 0 Å². The van der Waals surface area contributed by atoms with Gasteiger partial charge in [0.1, 0.15) is 6.10 Å². The van der Waals surface area contributed by atoms with E-state index in [1.165, 1.54) is 19.1 Å². The van der Waals surface area contributed by atoms with Crippen molar-refractivity contribution in [2.75, 3.05) is 0 Å². The molecule has 0 heterocycles. The van der Waals surface area contributed by atoms with Gasteiger partial charge in [-0.25, -0.2) is 0 Å². The first-order valence-corrected chi connectivity index (χ1v) is 5.67. The molecule has 0 N–H and O–H groups in total. The number of oxime groups is 1. The maximum Gasteiger partial charge on any atom is 0.417 e. The summed E-state index contributed by atoms with van der Waals surface area (Å²) in [5.41, 5.74) is -0.713. The quantitative estimate of drug-likeness (QED) is 0.589. The van der Waals surface area contributed by atoms with Gasteiger partial charge < -0.3 is 4.84 Å². The number of nitrogens with zero attached hydrogens (tertiary/aromatic N) is 1. The molecule has 0 aromatic heterocycles. The van der Waals surface area contributed by atoms with Crippen LogP contribution in [0.4, 0.5) is 13.2 Å². The average Bonchev–Trinajstić information content (AvgIpc) is 2.23. The number of rotatable bonds is 3. The Bertz CT molecular complexity index is 455. The summed E-state index contributed by atoms with van der Waals surface area (Å²) >= 11 is 5.71. The molecule has 0 aliphatic carbocycles. The minimum Gasteiger partial charge on any atom is -0.393 e. The van der Waals surface area contributed by atoms with E-state index in [9.17, 15) is 13.2 Å². The fourth-order valence-corrected chi connectivity index (χ4v) is 1.47. The van der Waals surface area contributed by atoms with Crippen LogP contribution in [0.1, 0.15) is 31.9 Å². The van der Waals surface area contributed by atoms with E-state index >= 15 is 0 Å². The molecule has 2 nitrogen and oxygen atoms in total. The maximum atomic E-state index is 12.8. The highest BCUT2D eigenvalue weighted by Gasteiger charge is 2.34. The number of halogens is 4. The van der Waals surface area contributed by atoms with Gasteiger partial charge in [-0.15, -0.1) is 0 Å². The Morgan fingerprint density at radius 3 is 2.44 bits per heavy atom. The molecule has 0 amide bonds. The third-order valence-electron chi connectivity index (χ3n) is 2.08. The predicted octanol–water partition coefficient (Wildman–Crippen LogP) is 4.51. The Labute approximate surface area is 108 Å². The van der Waals surface area contributed by atoms with Gasteiger partial charge in [-0.05, 0) is 39.0 Å². The number of benzene rings is 1. The Balaban J connectivity index is 3.21. The Morgan fingerprint density at radius 2 is 1.94 bits per heavy atom. The van der Waals surface area contributed by atoms with Gasteiger partial charge in [-0.1, -0.05) is 16.8 Å². The zero-order valence-corrected chi connectivity index (χ0v) is 10.9. The van der Waals surface area contributed by atoms with E-state index in [2.05, 4.69) is 5.16 Å². The van der Waals surface area contributed by atoms with Crippen molar-refractivity contribution in [3.63, 3.8) is 0 Å². The fourth-order valence-electron chi connectivity index (χ4n) is 1.30. The molecule has 1 aromatic carbocycles. The van der Waals surface area contributed by atoms with E-state index < -0.39 is 11.7 Å². The van der Waals surface area contributed by atoms with Crippen LogP contribution in [0.25, 0.3) is 0 Å². The van der Waals surface area contributed by atoms with Crippen LogP contribution in [-0.4, -0.2) is 11.8 Å². The van der Waals surface area contributed by atoms with Gasteiger partial charge in [0.25, 0.3) is 0 Å². The molecular weight excluding hydrogens is 267 g/mol. The summed E-state index contributed by atoms with van der Waals surface area (Å²) in [4.78, 5) is 4.94. The molecule has 0 saturated carbocycles. The van der Waals surface area contributed by atoms with Crippen molar-refractivity contribution in [3.8, 4) is 0 Å². The zero-order valence-electron chi connectivity index (χ0n) is 10.2. The van der Waals surface area contributed by atoms with Crippen molar-refractivity contribution >= 4 is 17.3 Å². The normalized spacial score (nSPS) is 13.0. The molecule has 6 heteroatoms. The molecule has 0 aliphatic rings. The second-order valence-electron chi connectivity index (χ2n) is 4.02. The van der Waals surface area contributed by atoms with Crippen molar-refractivity contribution in [1.29, 1.82) is 0 Å². The van der Waals surface area contributed by atoms with Crippen LogP contribution in [0, 0.1) is 0 Å². The van der Waals surface area contributed by atoms with Crippen LogP contribution in [0.2, 0.25) is 5.02 Å². The molecule has 0 spiro atoms. The summed E-state index contributed by atoms with van der Waals surface area (Å²) in [7, 11) is 0. The van der Waals surface area contributed by atoms with Crippen LogP contribution < -0.4 is 0 Å². The van der Waals surface area contributed by atoms with Gasteiger partial charge in [0.05, 0.1) is 11.3 Å². The molecule has 0 radical (unpaired) electrons. The molecule has 0 bridgehead atoms. The molecule has 1 rings (SSSR count). The summed E-state index contributed by atoms with van der Waals surface area (Å²) in [6, 6.07) is 3.36. The molecule has 1 aromatic rings. The molecule has 0 unspecified atom stereocenters. The zero-order chi connectivity index (χ0) is 13.9. The number of alkyl halides is 3. The van der Waals surface area contributed by atoms with E-state index in [1.54, 1.807) is 13.8 Å². The highest BCUT2D eigenvalue weighted by atomic mass is 35.5. The predicted molar refractivity (Wildman–Crippen MR) is 64.9 cm³/mol. The first kappa shape index (κ1) is 14.8. The van der Waals surface area contributed by atoms with Crippen LogP contribution >= 0.6 is 11.6 Å². The van der Waals surface area contributed by atoms with Crippen LogP contribution in [0.3, 0.4) is 0 Å². The van der Waals surface area contributed by atoms with Gasteiger partial charge in [0, 0.05) is 10.6 Å². The van der Waals surface area contributed by atoms with E-state index in [-0.39, 0.29) is 22.4 Å². The van der Waals surface area contributed by atoms with Crippen molar-refractivity contribution in [3.05, 3.63) is 34.3 Å². The van der Waals surface area contributed by atoms with E-state index in [4.69, 9.17) is 16.4 Å². The highest BCUT2D eigenvalue weighted by molar-refractivity contribution is 6.31. The largest absolute Gasteiger partial charge is 0.417 e. The maximum absolute atomic E-state index is 12.8. The number of hydrogen-bond donors (Lipinski definition) is 0. The smallest absolute Gasteiger partial charge is 0.393 e. The molecule has 100 valence electrons. The molecule has 0 aliphatic heterocycles. The van der Waals surface area contributed by atoms with Crippen molar-refractivity contribution in [1.82, 2.24) is 0 Å². The summed E-state index contributed by atoms with van der Waals surface area (Å²) < 4.78 is 38.4. The van der Waals surface area contributed by atoms with Gasteiger partial charge in [-0.3, -0.25) is 0 Å².